The van der Waals surface area contributed by atoms with E-state index in [4.69, 9.17) is 0 Å². The fraction of sp³-hybridized carbons (Fsp3) is 0.529. The molecule has 1 saturated heterocycles. The minimum absolute atomic E-state index is 0.0268. The zero-order valence-corrected chi connectivity index (χ0v) is 25.9. The van der Waals surface area contributed by atoms with Gasteiger partial charge >= 0.3 is 0 Å². The first-order chi connectivity index (χ1) is 20.1. The predicted octanol–water partition coefficient (Wildman–Crippen LogP) is 4.80. The molecule has 222 valence electrons. The highest BCUT2D eigenvalue weighted by atomic mass is 16.2. The van der Waals surface area contributed by atoms with Gasteiger partial charge in [-0.05, 0) is 86.0 Å². The van der Waals surface area contributed by atoms with Gasteiger partial charge in [-0.2, -0.15) is 0 Å². The summed E-state index contributed by atoms with van der Waals surface area (Å²) in [7, 11) is 4.18. The fourth-order valence-corrected chi connectivity index (χ4v) is 7.38. The molecule has 1 amide bonds. The minimum Gasteiger partial charge on any atom is -0.320 e. The van der Waals surface area contributed by atoms with Gasteiger partial charge in [-0.1, -0.05) is 32.0 Å². The fourth-order valence-electron chi connectivity index (χ4n) is 7.38. The van der Waals surface area contributed by atoms with Crippen LogP contribution in [0.25, 0.3) is 0 Å². The SMILES string of the molecule is CC(=O)C1CC(C(c2cccc(N3Cc4c(C)cc(CN5CCN(C)CC5C(C)C)cc4C3=O)c2)c2nncn2C)C1. The molecule has 3 aliphatic rings. The number of amides is 1. The number of hydrogen-bond acceptors (Lipinski definition) is 6. The third-order valence-corrected chi connectivity index (χ3v) is 10.0. The van der Waals surface area contributed by atoms with Crippen LogP contribution in [0.3, 0.4) is 0 Å². The summed E-state index contributed by atoms with van der Waals surface area (Å²) in [6, 6.07) is 13.3. The van der Waals surface area contributed by atoms with Gasteiger partial charge in [0.05, 0.1) is 6.54 Å². The Morgan fingerprint density at radius 2 is 1.88 bits per heavy atom. The number of hydrogen-bond donors (Lipinski definition) is 0. The molecule has 3 heterocycles. The number of nitrogens with zero attached hydrogens (tertiary/aromatic N) is 6. The van der Waals surface area contributed by atoms with Crippen LogP contribution in [0.15, 0.2) is 42.7 Å². The summed E-state index contributed by atoms with van der Waals surface area (Å²) in [6.45, 7) is 13.1. The van der Waals surface area contributed by atoms with Crippen LogP contribution in [0, 0.1) is 24.7 Å². The summed E-state index contributed by atoms with van der Waals surface area (Å²) in [4.78, 5) is 32.9. The molecule has 8 heteroatoms. The normalized spacial score (nSPS) is 23.7. The number of aryl methyl sites for hydroxylation is 2. The Balaban J connectivity index is 1.26. The number of aromatic nitrogens is 3. The molecule has 6 rings (SSSR count). The summed E-state index contributed by atoms with van der Waals surface area (Å²) in [5.41, 5.74) is 6.39. The van der Waals surface area contributed by atoms with E-state index >= 15 is 0 Å². The molecule has 2 unspecified atom stereocenters. The number of fused-ring (bicyclic) bond motifs is 1. The second kappa shape index (κ2) is 11.4. The molecule has 0 spiro atoms. The first-order valence-corrected chi connectivity index (χ1v) is 15.4. The Morgan fingerprint density at radius 3 is 2.57 bits per heavy atom. The Hall–Kier alpha value is -3.36. The van der Waals surface area contributed by atoms with Crippen LogP contribution in [-0.4, -0.2) is 69.0 Å². The third-order valence-electron chi connectivity index (χ3n) is 10.0. The van der Waals surface area contributed by atoms with Gasteiger partial charge < -0.3 is 14.4 Å². The van der Waals surface area contributed by atoms with Crippen molar-refractivity contribution in [3.8, 4) is 0 Å². The van der Waals surface area contributed by atoms with E-state index in [9.17, 15) is 9.59 Å². The van der Waals surface area contributed by atoms with E-state index in [-0.39, 0.29) is 23.5 Å². The monoisotopic (exact) mass is 568 g/mol. The zero-order chi connectivity index (χ0) is 29.7. The highest BCUT2D eigenvalue weighted by Gasteiger charge is 2.41. The number of Topliss-reactive ketones (excluding diaryl/α,β-unsaturated/α-hetero) is 1. The molecule has 1 aromatic heterocycles. The molecule has 3 aromatic rings. The smallest absolute Gasteiger partial charge is 0.258 e. The molecule has 2 aliphatic heterocycles. The molecule has 0 bridgehead atoms. The maximum Gasteiger partial charge on any atom is 0.258 e. The average molecular weight is 569 g/mol. The van der Waals surface area contributed by atoms with Crippen LogP contribution in [0.2, 0.25) is 0 Å². The van der Waals surface area contributed by atoms with Crippen molar-refractivity contribution in [3.63, 3.8) is 0 Å². The van der Waals surface area contributed by atoms with Crippen LogP contribution in [-0.2, 0) is 24.9 Å². The van der Waals surface area contributed by atoms with Crippen molar-refractivity contribution < 1.29 is 9.59 Å². The molecular weight excluding hydrogens is 524 g/mol. The van der Waals surface area contributed by atoms with Gasteiger partial charge in [0.25, 0.3) is 5.91 Å². The number of rotatable bonds is 8. The number of ketones is 1. The summed E-state index contributed by atoms with van der Waals surface area (Å²) in [6.07, 6.45) is 3.45. The molecule has 0 radical (unpaired) electrons. The Labute approximate surface area is 249 Å². The number of benzene rings is 2. The molecular formula is C34H44N6O2. The lowest BCUT2D eigenvalue weighted by atomic mass is 9.65. The van der Waals surface area contributed by atoms with Gasteiger partial charge in [-0.25, -0.2) is 0 Å². The highest BCUT2D eigenvalue weighted by Crippen LogP contribution is 2.47. The van der Waals surface area contributed by atoms with Gasteiger partial charge in [0.2, 0.25) is 0 Å². The van der Waals surface area contributed by atoms with Gasteiger partial charge in [0.1, 0.15) is 17.9 Å². The van der Waals surface area contributed by atoms with E-state index in [1.165, 1.54) is 11.1 Å². The highest BCUT2D eigenvalue weighted by molar-refractivity contribution is 6.10. The van der Waals surface area contributed by atoms with Gasteiger partial charge in [-0.15, -0.1) is 10.2 Å². The van der Waals surface area contributed by atoms with Crippen molar-refractivity contribution in [2.45, 2.75) is 65.6 Å². The first-order valence-electron chi connectivity index (χ1n) is 15.4. The summed E-state index contributed by atoms with van der Waals surface area (Å²) < 4.78 is 1.98. The number of piperazine rings is 1. The van der Waals surface area contributed by atoms with Crippen LogP contribution < -0.4 is 4.90 Å². The van der Waals surface area contributed by atoms with Crippen LogP contribution in [0.5, 0.6) is 0 Å². The average Bonchev–Trinajstić information content (AvgIpc) is 3.49. The molecule has 1 saturated carbocycles. The third kappa shape index (κ3) is 5.31. The molecule has 2 aromatic carbocycles. The Morgan fingerprint density at radius 1 is 1.10 bits per heavy atom. The van der Waals surface area contributed by atoms with Crippen molar-refractivity contribution in [1.29, 1.82) is 0 Å². The van der Waals surface area contributed by atoms with Crippen molar-refractivity contribution in [1.82, 2.24) is 24.6 Å². The summed E-state index contributed by atoms with van der Waals surface area (Å²) in [5, 5.41) is 8.63. The lowest BCUT2D eigenvalue weighted by molar-refractivity contribution is -0.124. The maximum atomic E-state index is 13.9. The molecule has 1 aliphatic carbocycles. The van der Waals surface area contributed by atoms with Gasteiger partial charge in [0, 0.05) is 62.4 Å². The van der Waals surface area contributed by atoms with Crippen molar-refractivity contribution >= 4 is 17.4 Å². The number of carbonyl (C=O) groups excluding carboxylic acids is 2. The second-order valence-electron chi connectivity index (χ2n) is 13.3. The Kier molecular flexibility index (Phi) is 7.79. The molecule has 2 fully saturated rings. The standard InChI is InChI=1S/C34H44N6O2/c1-21(2)31-19-37(5)10-11-39(31)17-24-12-22(3)30-18-40(34(42)29(30)13-24)28-9-7-8-25(16-28)32(33-36-35-20-38(33)6)27-14-26(15-27)23(4)41/h7-9,12-13,16,20-21,26-27,31-32H,10-11,14-15,17-19H2,1-6H3. The first kappa shape index (κ1) is 28.7. The second-order valence-corrected chi connectivity index (χ2v) is 13.3. The summed E-state index contributed by atoms with van der Waals surface area (Å²) in [5.74, 6) is 2.28. The summed E-state index contributed by atoms with van der Waals surface area (Å²) >= 11 is 0. The maximum absolute atomic E-state index is 13.9. The van der Waals surface area contributed by atoms with E-state index < -0.39 is 0 Å². The number of carbonyl (C=O) groups is 2. The van der Waals surface area contributed by atoms with Gasteiger partial charge in [-0.3, -0.25) is 14.5 Å². The van der Waals surface area contributed by atoms with Crippen molar-refractivity contribution in [2.24, 2.45) is 24.8 Å². The van der Waals surface area contributed by atoms with Crippen LogP contribution in [0.1, 0.15) is 78.0 Å². The predicted molar refractivity (Wildman–Crippen MR) is 164 cm³/mol. The van der Waals surface area contributed by atoms with E-state index in [0.29, 0.717) is 24.4 Å². The zero-order valence-electron chi connectivity index (χ0n) is 25.9. The van der Waals surface area contributed by atoms with E-state index in [0.717, 1.165) is 67.2 Å². The quantitative estimate of drug-likeness (QED) is 0.389. The molecule has 42 heavy (non-hydrogen) atoms. The molecule has 8 nitrogen and oxygen atoms in total. The number of anilines is 1. The van der Waals surface area contributed by atoms with E-state index in [1.807, 2.05) is 28.6 Å². The van der Waals surface area contributed by atoms with Crippen LogP contribution in [0.4, 0.5) is 5.69 Å². The Bertz CT molecular complexity index is 1490. The molecule has 2 atom stereocenters. The number of likely N-dealkylation sites (N-methyl/N-ethyl adjacent to an activating group) is 1. The van der Waals surface area contributed by atoms with Gasteiger partial charge in [0.15, 0.2) is 0 Å². The minimum atomic E-state index is 0.0268. The largest absolute Gasteiger partial charge is 0.320 e. The van der Waals surface area contributed by atoms with Crippen molar-refractivity contribution in [2.75, 3.05) is 31.6 Å². The topological polar surface area (TPSA) is 74.6 Å². The van der Waals surface area contributed by atoms with E-state index in [1.54, 1.807) is 13.3 Å². The lowest BCUT2D eigenvalue weighted by Crippen LogP contribution is -2.53. The van der Waals surface area contributed by atoms with Crippen molar-refractivity contribution in [3.05, 3.63) is 76.4 Å². The van der Waals surface area contributed by atoms with E-state index in [2.05, 4.69) is 72.1 Å². The molecule has 0 N–H and O–H groups in total. The lowest BCUT2D eigenvalue weighted by Gasteiger charge is -2.42. The van der Waals surface area contributed by atoms with Crippen LogP contribution >= 0.6 is 0 Å².